The predicted octanol–water partition coefficient (Wildman–Crippen LogP) is 4.51. The third kappa shape index (κ3) is 5.46. The fraction of sp³-hybridized carbons (Fsp3) is 0.474. The third-order valence-corrected chi connectivity index (χ3v) is 3.81. The van der Waals surface area contributed by atoms with Gasteiger partial charge in [0.1, 0.15) is 11.8 Å². The van der Waals surface area contributed by atoms with Crippen LogP contribution >= 0.6 is 0 Å². The highest BCUT2D eigenvalue weighted by Crippen LogP contribution is 2.23. The molecule has 1 aromatic rings. The SMILES string of the molecule is CCC/C(=C\CC/C=C/c1ccc(C#N)nc1)CC1COC1. The van der Waals surface area contributed by atoms with Gasteiger partial charge in [0.15, 0.2) is 0 Å². The molecule has 0 radical (unpaired) electrons. The zero-order valence-electron chi connectivity index (χ0n) is 13.3. The topological polar surface area (TPSA) is 45.9 Å². The predicted molar refractivity (Wildman–Crippen MR) is 89.1 cm³/mol. The van der Waals surface area contributed by atoms with Crippen LogP contribution in [0.15, 0.2) is 36.1 Å². The highest BCUT2D eigenvalue weighted by Gasteiger charge is 2.19. The molecule has 1 saturated heterocycles. The molecule has 0 aromatic carbocycles. The van der Waals surface area contributed by atoms with Crippen LogP contribution in [0.1, 0.15) is 50.3 Å². The van der Waals surface area contributed by atoms with E-state index in [4.69, 9.17) is 10.00 Å². The molecule has 0 atom stereocenters. The van der Waals surface area contributed by atoms with E-state index in [1.165, 1.54) is 19.3 Å². The van der Waals surface area contributed by atoms with Crippen molar-refractivity contribution in [3.8, 4) is 6.07 Å². The van der Waals surface area contributed by atoms with E-state index in [2.05, 4.69) is 30.1 Å². The first kappa shape index (κ1) is 16.5. The van der Waals surface area contributed by atoms with Crippen LogP contribution in [0, 0.1) is 17.2 Å². The molecule has 3 heteroatoms. The Balaban J connectivity index is 1.76. The van der Waals surface area contributed by atoms with E-state index in [-0.39, 0.29) is 0 Å². The van der Waals surface area contributed by atoms with Gasteiger partial charge in [-0.1, -0.05) is 43.2 Å². The Hall–Kier alpha value is -1.92. The molecule has 1 fully saturated rings. The second-order valence-electron chi connectivity index (χ2n) is 5.79. The lowest BCUT2D eigenvalue weighted by atomic mass is 9.94. The number of ether oxygens (including phenoxy) is 1. The molecule has 0 N–H and O–H groups in total. The minimum atomic E-state index is 0.462. The van der Waals surface area contributed by atoms with E-state index in [9.17, 15) is 0 Å². The summed E-state index contributed by atoms with van der Waals surface area (Å²) in [6.45, 7) is 4.11. The molecule has 116 valence electrons. The molecule has 2 rings (SSSR count). The molecule has 2 heterocycles. The Morgan fingerprint density at radius 2 is 2.27 bits per heavy atom. The van der Waals surface area contributed by atoms with Gasteiger partial charge in [-0.05, 0) is 37.3 Å². The fourth-order valence-electron chi connectivity index (χ4n) is 2.55. The van der Waals surface area contributed by atoms with Gasteiger partial charge >= 0.3 is 0 Å². The van der Waals surface area contributed by atoms with Crippen molar-refractivity contribution < 1.29 is 4.74 Å². The molecule has 1 aliphatic rings. The van der Waals surface area contributed by atoms with Crippen molar-refractivity contribution in [1.29, 1.82) is 5.26 Å². The molecule has 3 nitrogen and oxygen atoms in total. The zero-order valence-corrected chi connectivity index (χ0v) is 13.3. The first-order valence-corrected chi connectivity index (χ1v) is 8.10. The van der Waals surface area contributed by atoms with Gasteiger partial charge in [0, 0.05) is 12.1 Å². The summed E-state index contributed by atoms with van der Waals surface area (Å²) in [6.07, 6.45) is 14.1. The van der Waals surface area contributed by atoms with Crippen LogP contribution in [0.5, 0.6) is 0 Å². The summed E-state index contributed by atoms with van der Waals surface area (Å²) < 4.78 is 5.26. The second-order valence-corrected chi connectivity index (χ2v) is 5.79. The maximum atomic E-state index is 8.71. The van der Waals surface area contributed by atoms with Gasteiger partial charge in [-0.2, -0.15) is 5.26 Å². The Labute approximate surface area is 133 Å². The van der Waals surface area contributed by atoms with E-state index < -0.39 is 0 Å². The first-order chi connectivity index (χ1) is 10.8. The minimum Gasteiger partial charge on any atom is -0.381 e. The summed E-state index contributed by atoms with van der Waals surface area (Å²) in [6, 6.07) is 5.71. The summed E-state index contributed by atoms with van der Waals surface area (Å²) in [5.41, 5.74) is 3.09. The summed E-state index contributed by atoms with van der Waals surface area (Å²) in [5.74, 6) is 0.748. The van der Waals surface area contributed by atoms with Crippen LogP contribution in [0.4, 0.5) is 0 Å². The third-order valence-electron chi connectivity index (χ3n) is 3.81. The molecule has 0 saturated carbocycles. The largest absolute Gasteiger partial charge is 0.381 e. The second kappa shape index (κ2) is 9.17. The van der Waals surface area contributed by atoms with E-state index in [0.717, 1.165) is 37.5 Å². The molecule has 1 aliphatic heterocycles. The number of rotatable bonds is 8. The lowest BCUT2D eigenvalue weighted by Gasteiger charge is -2.27. The summed E-state index contributed by atoms with van der Waals surface area (Å²) in [5, 5.41) is 8.71. The van der Waals surface area contributed by atoms with E-state index in [1.807, 2.05) is 12.1 Å². The molecule has 0 bridgehead atoms. The number of pyridine rings is 1. The van der Waals surface area contributed by atoms with Crippen LogP contribution in [-0.4, -0.2) is 18.2 Å². The van der Waals surface area contributed by atoms with Gasteiger partial charge in [0.25, 0.3) is 0 Å². The van der Waals surface area contributed by atoms with Crippen molar-refractivity contribution in [2.24, 2.45) is 5.92 Å². The van der Waals surface area contributed by atoms with Crippen molar-refractivity contribution in [3.05, 3.63) is 47.3 Å². The maximum Gasteiger partial charge on any atom is 0.140 e. The highest BCUT2D eigenvalue weighted by molar-refractivity contribution is 5.48. The average molecular weight is 296 g/mol. The molecule has 1 aromatic heterocycles. The minimum absolute atomic E-state index is 0.462. The van der Waals surface area contributed by atoms with Gasteiger partial charge in [0.2, 0.25) is 0 Å². The zero-order chi connectivity index (χ0) is 15.6. The summed E-state index contributed by atoms with van der Waals surface area (Å²) >= 11 is 0. The van der Waals surface area contributed by atoms with Crippen LogP contribution in [0.25, 0.3) is 6.08 Å². The van der Waals surface area contributed by atoms with E-state index in [1.54, 1.807) is 17.8 Å². The molecule has 0 unspecified atom stereocenters. The Morgan fingerprint density at radius 3 is 2.86 bits per heavy atom. The van der Waals surface area contributed by atoms with Crippen molar-refractivity contribution in [2.75, 3.05) is 13.2 Å². The number of nitriles is 1. The highest BCUT2D eigenvalue weighted by atomic mass is 16.5. The van der Waals surface area contributed by atoms with Crippen molar-refractivity contribution in [1.82, 2.24) is 4.98 Å². The molecular weight excluding hydrogens is 272 g/mol. The first-order valence-electron chi connectivity index (χ1n) is 8.10. The number of allylic oxidation sites excluding steroid dienone is 3. The average Bonchev–Trinajstić information content (AvgIpc) is 2.51. The van der Waals surface area contributed by atoms with E-state index in [0.29, 0.717) is 5.69 Å². The normalized spacial score (nSPS) is 15.7. The monoisotopic (exact) mass is 296 g/mol. The standard InChI is InChI=1S/C19H24N2O/c1-2-6-16(11-18-14-22-15-18)7-4-3-5-8-17-9-10-19(12-20)21-13-17/h5,7-10,13,18H,2-4,6,11,14-15H2,1H3/b8-5+,16-7+. The van der Waals surface area contributed by atoms with Gasteiger partial charge < -0.3 is 4.74 Å². The molecule has 0 amide bonds. The maximum absolute atomic E-state index is 8.71. The Morgan fingerprint density at radius 1 is 1.41 bits per heavy atom. The lowest BCUT2D eigenvalue weighted by Crippen LogP contribution is -2.27. The number of hydrogen-bond acceptors (Lipinski definition) is 3. The molecular formula is C19H24N2O. The van der Waals surface area contributed by atoms with E-state index >= 15 is 0 Å². The van der Waals surface area contributed by atoms with Crippen LogP contribution in [0.3, 0.4) is 0 Å². The van der Waals surface area contributed by atoms with Gasteiger partial charge in [-0.15, -0.1) is 0 Å². The quantitative estimate of drug-likeness (QED) is 0.524. The van der Waals surface area contributed by atoms with Crippen molar-refractivity contribution in [3.63, 3.8) is 0 Å². The summed E-state index contributed by atoms with van der Waals surface area (Å²) in [4.78, 5) is 4.06. The van der Waals surface area contributed by atoms with Crippen LogP contribution in [0.2, 0.25) is 0 Å². The Kier molecular flexibility index (Phi) is 6.86. The molecule has 22 heavy (non-hydrogen) atoms. The van der Waals surface area contributed by atoms with Gasteiger partial charge in [-0.25, -0.2) is 4.98 Å². The number of aromatic nitrogens is 1. The number of unbranched alkanes of at least 4 members (excludes halogenated alkanes) is 1. The van der Waals surface area contributed by atoms with Crippen LogP contribution < -0.4 is 0 Å². The van der Waals surface area contributed by atoms with Gasteiger partial charge in [0.05, 0.1) is 13.2 Å². The van der Waals surface area contributed by atoms with Crippen molar-refractivity contribution >= 4 is 6.08 Å². The Bertz CT molecular complexity index is 548. The van der Waals surface area contributed by atoms with Crippen molar-refractivity contribution in [2.45, 2.75) is 39.0 Å². The van der Waals surface area contributed by atoms with Crippen LogP contribution in [-0.2, 0) is 4.74 Å². The smallest absolute Gasteiger partial charge is 0.140 e. The number of nitrogens with zero attached hydrogens (tertiary/aromatic N) is 2. The lowest BCUT2D eigenvalue weighted by molar-refractivity contribution is -0.0315. The van der Waals surface area contributed by atoms with Gasteiger partial charge in [-0.3, -0.25) is 0 Å². The summed E-state index contributed by atoms with van der Waals surface area (Å²) in [7, 11) is 0. The molecule has 0 aliphatic carbocycles. The number of hydrogen-bond donors (Lipinski definition) is 0. The molecule has 0 spiro atoms. The fourth-order valence-corrected chi connectivity index (χ4v) is 2.55.